The maximum Gasteiger partial charge on any atom is 0.346 e. The zero-order chi connectivity index (χ0) is 16.3. The van der Waals surface area contributed by atoms with Gasteiger partial charge < -0.3 is 14.2 Å². The molecule has 0 bridgehead atoms. The number of hydrogen-bond acceptors (Lipinski definition) is 6. The summed E-state index contributed by atoms with van der Waals surface area (Å²) in [6, 6.07) is 0. The summed E-state index contributed by atoms with van der Waals surface area (Å²) in [5.74, 6) is 0.282. The molecule has 22 heavy (non-hydrogen) atoms. The molecule has 0 aromatic carbocycles. The number of esters is 2. The summed E-state index contributed by atoms with van der Waals surface area (Å²) in [6.45, 7) is 8.05. The standard InChI is InChI=1S/C16H26O5S/c1-10(2)16(4)7-5-6-12(8-16)20-14(18)15-21-13(9-22-15)19-11(3)17/h10,12-13,15H,5-9H2,1-4H3. The van der Waals surface area contributed by atoms with E-state index < -0.39 is 17.7 Å². The quantitative estimate of drug-likeness (QED) is 0.738. The minimum Gasteiger partial charge on any atom is -0.460 e. The van der Waals surface area contributed by atoms with Crippen LogP contribution in [0.25, 0.3) is 0 Å². The molecule has 4 atom stereocenters. The van der Waals surface area contributed by atoms with Crippen molar-refractivity contribution in [1.29, 1.82) is 0 Å². The number of ether oxygens (including phenoxy) is 3. The average molecular weight is 330 g/mol. The Morgan fingerprint density at radius 1 is 1.32 bits per heavy atom. The van der Waals surface area contributed by atoms with Gasteiger partial charge in [0.2, 0.25) is 11.7 Å². The largest absolute Gasteiger partial charge is 0.460 e. The van der Waals surface area contributed by atoms with Gasteiger partial charge >= 0.3 is 11.9 Å². The van der Waals surface area contributed by atoms with Crippen LogP contribution >= 0.6 is 11.8 Å². The Labute approximate surface area is 136 Å². The van der Waals surface area contributed by atoms with Gasteiger partial charge in [0.15, 0.2) is 0 Å². The third-order valence-corrected chi connectivity index (χ3v) is 5.86. The van der Waals surface area contributed by atoms with Gasteiger partial charge in [-0.05, 0) is 37.0 Å². The summed E-state index contributed by atoms with van der Waals surface area (Å²) in [5.41, 5.74) is -0.454. The second-order valence-corrected chi connectivity index (χ2v) is 7.90. The van der Waals surface area contributed by atoms with Gasteiger partial charge in [-0.3, -0.25) is 4.79 Å². The van der Waals surface area contributed by atoms with Gasteiger partial charge in [-0.2, -0.15) is 0 Å². The van der Waals surface area contributed by atoms with E-state index in [1.54, 1.807) is 0 Å². The predicted molar refractivity (Wildman–Crippen MR) is 84.2 cm³/mol. The Kier molecular flexibility index (Phi) is 5.77. The van der Waals surface area contributed by atoms with E-state index in [4.69, 9.17) is 14.2 Å². The van der Waals surface area contributed by atoms with Crippen LogP contribution in [0.4, 0.5) is 0 Å². The maximum absolute atomic E-state index is 12.2. The third-order valence-electron chi connectivity index (χ3n) is 4.79. The number of carbonyl (C=O) groups is 2. The first-order valence-corrected chi connectivity index (χ1v) is 9.00. The molecule has 2 aliphatic rings. The minimum atomic E-state index is -0.684. The zero-order valence-corrected chi connectivity index (χ0v) is 14.6. The molecular weight excluding hydrogens is 304 g/mol. The van der Waals surface area contributed by atoms with Crippen molar-refractivity contribution < 1.29 is 23.8 Å². The molecule has 0 amide bonds. The van der Waals surface area contributed by atoms with Crippen LogP contribution in [0.2, 0.25) is 0 Å². The fourth-order valence-corrected chi connectivity index (χ4v) is 3.93. The second kappa shape index (κ2) is 7.21. The zero-order valence-electron chi connectivity index (χ0n) is 13.8. The highest BCUT2D eigenvalue weighted by Gasteiger charge is 2.39. The fraction of sp³-hybridized carbons (Fsp3) is 0.875. The second-order valence-electron chi connectivity index (χ2n) is 6.80. The summed E-state index contributed by atoms with van der Waals surface area (Å²) in [4.78, 5) is 23.1. The van der Waals surface area contributed by atoms with Gasteiger partial charge in [-0.1, -0.05) is 20.8 Å². The van der Waals surface area contributed by atoms with E-state index >= 15 is 0 Å². The summed E-state index contributed by atoms with van der Waals surface area (Å²) < 4.78 is 16.0. The lowest BCUT2D eigenvalue weighted by Gasteiger charge is -2.41. The van der Waals surface area contributed by atoms with Crippen molar-refractivity contribution in [2.45, 2.75) is 71.2 Å². The molecule has 5 nitrogen and oxygen atoms in total. The predicted octanol–water partition coefficient (Wildman–Crippen LogP) is 3.11. The van der Waals surface area contributed by atoms with Gasteiger partial charge in [0.1, 0.15) is 6.10 Å². The molecule has 2 fully saturated rings. The molecule has 1 aliphatic heterocycles. The summed E-state index contributed by atoms with van der Waals surface area (Å²) in [6.07, 6.45) is 3.40. The van der Waals surface area contributed by atoms with Crippen LogP contribution < -0.4 is 0 Å². The first-order valence-electron chi connectivity index (χ1n) is 7.95. The summed E-state index contributed by atoms with van der Waals surface area (Å²) >= 11 is 1.32. The lowest BCUT2D eigenvalue weighted by atomic mass is 9.67. The monoisotopic (exact) mass is 330 g/mol. The Morgan fingerprint density at radius 3 is 2.68 bits per heavy atom. The molecule has 0 radical (unpaired) electrons. The molecule has 1 saturated heterocycles. The highest BCUT2D eigenvalue weighted by Crippen LogP contribution is 2.43. The number of thioether (sulfide) groups is 1. The molecule has 4 unspecified atom stereocenters. The molecule has 2 rings (SSSR count). The van der Waals surface area contributed by atoms with E-state index in [9.17, 15) is 9.59 Å². The summed E-state index contributed by atoms with van der Waals surface area (Å²) in [7, 11) is 0. The van der Waals surface area contributed by atoms with Gasteiger partial charge in [-0.25, -0.2) is 4.79 Å². The van der Waals surface area contributed by atoms with Crippen LogP contribution in [0, 0.1) is 11.3 Å². The lowest BCUT2D eigenvalue weighted by molar-refractivity contribution is -0.183. The number of hydrogen-bond donors (Lipinski definition) is 0. The molecular formula is C16H26O5S. The topological polar surface area (TPSA) is 61.8 Å². The Balaban J connectivity index is 1.83. The first-order chi connectivity index (χ1) is 10.3. The molecule has 1 heterocycles. The highest BCUT2D eigenvalue weighted by atomic mass is 32.2. The van der Waals surface area contributed by atoms with Crippen LogP contribution in [0.3, 0.4) is 0 Å². The highest BCUT2D eigenvalue weighted by molar-refractivity contribution is 8.00. The number of carbonyl (C=O) groups excluding carboxylic acids is 2. The SMILES string of the molecule is CC(=O)OC1CSC(C(=O)OC2CCCC(C)(C(C)C)C2)O1. The third kappa shape index (κ3) is 4.38. The van der Waals surface area contributed by atoms with Gasteiger partial charge in [0.25, 0.3) is 0 Å². The van der Waals surface area contributed by atoms with Crippen molar-refractivity contribution in [3.63, 3.8) is 0 Å². The molecule has 1 saturated carbocycles. The Hall–Kier alpha value is -0.750. The van der Waals surface area contributed by atoms with E-state index in [0.717, 1.165) is 19.3 Å². The van der Waals surface area contributed by atoms with Crippen LogP contribution in [-0.2, 0) is 23.8 Å². The van der Waals surface area contributed by atoms with Crippen molar-refractivity contribution >= 4 is 23.7 Å². The number of rotatable bonds is 4. The normalized spacial score (nSPS) is 35.4. The smallest absolute Gasteiger partial charge is 0.346 e. The molecule has 0 N–H and O–H groups in total. The van der Waals surface area contributed by atoms with E-state index in [0.29, 0.717) is 11.7 Å². The van der Waals surface area contributed by atoms with E-state index in [1.165, 1.54) is 25.1 Å². The van der Waals surface area contributed by atoms with Gasteiger partial charge in [0.05, 0.1) is 5.75 Å². The summed E-state index contributed by atoms with van der Waals surface area (Å²) in [5, 5.41) is 0. The fourth-order valence-electron chi connectivity index (χ4n) is 3.06. The van der Waals surface area contributed by atoms with Crippen LogP contribution in [-0.4, -0.2) is 35.5 Å². The van der Waals surface area contributed by atoms with Gasteiger partial charge in [0, 0.05) is 6.92 Å². The molecule has 0 aromatic heterocycles. The first kappa shape index (κ1) is 17.6. The van der Waals surface area contributed by atoms with Crippen LogP contribution in [0.1, 0.15) is 53.4 Å². The maximum atomic E-state index is 12.2. The molecule has 126 valence electrons. The molecule has 0 aromatic rings. The molecule has 6 heteroatoms. The minimum absolute atomic E-state index is 0.0365. The molecule has 1 aliphatic carbocycles. The lowest BCUT2D eigenvalue weighted by Crippen LogP contribution is -2.37. The van der Waals surface area contributed by atoms with E-state index in [1.807, 2.05) is 0 Å². The average Bonchev–Trinajstić information content (AvgIpc) is 2.86. The van der Waals surface area contributed by atoms with Crippen molar-refractivity contribution in [3.8, 4) is 0 Å². The molecule has 0 spiro atoms. The Bertz CT molecular complexity index is 425. The van der Waals surface area contributed by atoms with Crippen LogP contribution in [0.5, 0.6) is 0 Å². The van der Waals surface area contributed by atoms with Crippen molar-refractivity contribution in [1.82, 2.24) is 0 Å². The van der Waals surface area contributed by atoms with Crippen molar-refractivity contribution in [2.24, 2.45) is 11.3 Å². The van der Waals surface area contributed by atoms with Gasteiger partial charge in [-0.15, -0.1) is 11.8 Å². The van der Waals surface area contributed by atoms with E-state index in [-0.39, 0.29) is 17.5 Å². The van der Waals surface area contributed by atoms with E-state index in [2.05, 4.69) is 20.8 Å². The van der Waals surface area contributed by atoms with Crippen LogP contribution in [0.15, 0.2) is 0 Å². The Morgan fingerprint density at radius 2 is 2.05 bits per heavy atom. The van der Waals surface area contributed by atoms with Crippen molar-refractivity contribution in [3.05, 3.63) is 0 Å². The van der Waals surface area contributed by atoms with Crippen molar-refractivity contribution in [2.75, 3.05) is 5.75 Å².